The normalized spacial score (nSPS) is 22.0. The van der Waals surface area contributed by atoms with Gasteiger partial charge in [-0.25, -0.2) is 13.8 Å². The summed E-state index contributed by atoms with van der Waals surface area (Å²) in [5.41, 5.74) is 2.16. The molecule has 3 aromatic rings. The third-order valence-corrected chi connectivity index (χ3v) is 6.28. The zero-order valence-corrected chi connectivity index (χ0v) is 17.9. The second-order valence-corrected chi connectivity index (χ2v) is 8.42. The van der Waals surface area contributed by atoms with Crippen LogP contribution in [0.5, 0.6) is 5.75 Å². The number of hydrogen-bond donors (Lipinski definition) is 0. The van der Waals surface area contributed by atoms with Gasteiger partial charge < -0.3 is 9.47 Å². The minimum atomic E-state index is -4.74. The van der Waals surface area contributed by atoms with Gasteiger partial charge in [-0.15, -0.1) is 13.2 Å². The average Bonchev–Trinajstić information content (AvgIpc) is 3.27. The first kappa shape index (κ1) is 22.4. The van der Waals surface area contributed by atoms with E-state index in [4.69, 9.17) is 4.74 Å². The number of alkyl halides is 3. The third kappa shape index (κ3) is 4.49. The zero-order chi connectivity index (χ0) is 23.9. The lowest BCUT2D eigenvalue weighted by Crippen LogP contribution is -2.33. The van der Waals surface area contributed by atoms with Crippen LogP contribution < -0.4 is 4.74 Å². The maximum atomic E-state index is 14.4. The summed E-state index contributed by atoms with van der Waals surface area (Å²) in [6, 6.07) is 16.5. The summed E-state index contributed by atoms with van der Waals surface area (Å²) in [6.07, 6.45) is -2.28. The van der Waals surface area contributed by atoms with E-state index in [1.54, 1.807) is 12.1 Å². The number of hydrogen-bond acceptors (Lipinski definition) is 3. The fourth-order valence-electron chi connectivity index (χ4n) is 4.73. The van der Waals surface area contributed by atoms with Gasteiger partial charge in [0.15, 0.2) is 0 Å². The molecule has 0 saturated heterocycles. The number of nitrogens with zero attached hydrogens (tertiary/aromatic N) is 1. The van der Waals surface area contributed by atoms with Crippen molar-refractivity contribution < 1.29 is 31.4 Å². The van der Waals surface area contributed by atoms with Gasteiger partial charge in [0.2, 0.25) is 5.90 Å². The molecule has 1 aliphatic carbocycles. The van der Waals surface area contributed by atoms with Gasteiger partial charge in [0, 0.05) is 5.92 Å². The van der Waals surface area contributed by atoms with E-state index in [0.29, 0.717) is 0 Å². The van der Waals surface area contributed by atoms with Crippen LogP contribution in [0.4, 0.5) is 22.0 Å². The Kier molecular flexibility index (Phi) is 5.75. The smallest absolute Gasteiger partial charge is 0.474 e. The molecule has 0 N–H and O–H groups in total. The second kappa shape index (κ2) is 8.74. The summed E-state index contributed by atoms with van der Waals surface area (Å²) in [6.45, 7) is 0. The van der Waals surface area contributed by atoms with E-state index in [-0.39, 0.29) is 35.3 Å². The van der Waals surface area contributed by atoms with Crippen molar-refractivity contribution in [1.82, 2.24) is 0 Å². The van der Waals surface area contributed by atoms with Crippen molar-refractivity contribution in [2.45, 2.75) is 37.8 Å². The molecule has 3 atom stereocenters. The minimum absolute atomic E-state index is 0.0203. The Balaban J connectivity index is 1.43. The van der Waals surface area contributed by atoms with Gasteiger partial charge in [0.25, 0.3) is 0 Å². The molecule has 176 valence electrons. The molecule has 1 heterocycles. The Labute approximate surface area is 192 Å². The minimum Gasteiger partial charge on any atom is -0.474 e. The summed E-state index contributed by atoms with van der Waals surface area (Å²) in [4.78, 5) is 4.63. The van der Waals surface area contributed by atoms with Gasteiger partial charge in [0.1, 0.15) is 29.1 Å². The molecule has 0 aromatic heterocycles. The van der Waals surface area contributed by atoms with Gasteiger partial charge >= 0.3 is 6.36 Å². The van der Waals surface area contributed by atoms with Crippen molar-refractivity contribution in [3.8, 4) is 16.9 Å². The van der Waals surface area contributed by atoms with Gasteiger partial charge in [-0.2, -0.15) is 0 Å². The monoisotopic (exact) mass is 473 g/mol. The van der Waals surface area contributed by atoms with Gasteiger partial charge in [-0.3, -0.25) is 0 Å². The van der Waals surface area contributed by atoms with Crippen molar-refractivity contribution in [1.29, 1.82) is 0 Å². The lowest BCUT2D eigenvalue weighted by Gasteiger charge is -2.33. The number of fused-ring (bicyclic) bond motifs is 1. The van der Waals surface area contributed by atoms with Crippen LogP contribution in [0.2, 0.25) is 0 Å². The first-order chi connectivity index (χ1) is 16.3. The number of benzene rings is 3. The second-order valence-electron chi connectivity index (χ2n) is 8.42. The number of aliphatic imine (C=N–C) groups is 1. The van der Waals surface area contributed by atoms with Gasteiger partial charge in [-0.1, -0.05) is 42.5 Å². The van der Waals surface area contributed by atoms with Crippen molar-refractivity contribution in [3.63, 3.8) is 0 Å². The predicted molar refractivity (Wildman–Crippen MR) is 116 cm³/mol. The molecule has 3 nitrogen and oxygen atoms in total. The Hall–Kier alpha value is -3.42. The van der Waals surface area contributed by atoms with Crippen molar-refractivity contribution >= 4 is 5.90 Å². The number of ether oxygens (including phenoxy) is 2. The number of rotatable bonds is 4. The van der Waals surface area contributed by atoms with E-state index in [9.17, 15) is 22.0 Å². The summed E-state index contributed by atoms with van der Waals surface area (Å²) in [7, 11) is 0. The molecule has 8 heteroatoms. The molecule has 3 aromatic carbocycles. The highest BCUT2D eigenvalue weighted by Gasteiger charge is 2.41. The van der Waals surface area contributed by atoms with E-state index in [2.05, 4.69) is 9.73 Å². The summed E-state index contributed by atoms with van der Waals surface area (Å²) >= 11 is 0. The Morgan fingerprint density at radius 2 is 1.44 bits per heavy atom. The maximum absolute atomic E-state index is 14.4. The first-order valence-corrected chi connectivity index (χ1v) is 10.9. The molecule has 34 heavy (non-hydrogen) atoms. The van der Waals surface area contributed by atoms with Gasteiger partial charge in [-0.05, 0) is 60.2 Å². The van der Waals surface area contributed by atoms with E-state index >= 15 is 0 Å². The molecule has 0 radical (unpaired) electrons. The van der Waals surface area contributed by atoms with Crippen LogP contribution in [0.3, 0.4) is 0 Å². The molecule has 1 aliphatic heterocycles. The van der Waals surface area contributed by atoms with Crippen molar-refractivity contribution in [3.05, 3.63) is 89.5 Å². The van der Waals surface area contributed by atoms with Crippen LogP contribution in [-0.4, -0.2) is 18.4 Å². The predicted octanol–water partition coefficient (Wildman–Crippen LogP) is 7.22. The Bertz CT molecular complexity index is 1190. The highest BCUT2D eigenvalue weighted by atomic mass is 19.4. The first-order valence-electron chi connectivity index (χ1n) is 10.9. The van der Waals surface area contributed by atoms with E-state index in [1.165, 1.54) is 30.3 Å². The van der Waals surface area contributed by atoms with Crippen LogP contribution in [0.1, 0.15) is 36.4 Å². The molecule has 5 rings (SSSR count). The fourth-order valence-corrected chi connectivity index (χ4v) is 4.73. The molecule has 0 bridgehead atoms. The van der Waals surface area contributed by atoms with Crippen LogP contribution >= 0.6 is 0 Å². The summed E-state index contributed by atoms with van der Waals surface area (Å²) in [5, 5.41) is 0. The molecular weight excluding hydrogens is 453 g/mol. The van der Waals surface area contributed by atoms with Crippen LogP contribution in [0.15, 0.2) is 71.7 Å². The molecule has 0 amide bonds. The summed E-state index contributed by atoms with van der Waals surface area (Å²) in [5.74, 6) is -1.65. The highest BCUT2D eigenvalue weighted by molar-refractivity contribution is 5.95. The largest absolute Gasteiger partial charge is 0.573 e. The average molecular weight is 473 g/mol. The highest BCUT2D eigenvalue weighted by Crippen LogP contribution is 2.44. The fraction of sp³-hybridized carbons (Fsp3) is 0.269. The lowest BCUT2D eigenvalue weighted by atomic mass is 9.88. The SMILES string of the molecule is Fc1cccc(F)c1C1=NC(c2ccc(-c3ccc(OC(F)(F)F)cc3)cc2)C2CCCC2O1. The maximum Gasteiger partial charge on any atom is 0.573 e. The molecule has 2 aliphatic rings. The molecule has 0 spiro atoms. The van der Waals surface area contributed by atoms with E-state index < -0.39 is 18.0 Å². The van der Waals surface area contributed by atoms with E-state index in [1.807, 2.05) is 24.3 Å². The topological polar surface area (TPSA) is 30.8 Å². The Morgan fingerprint density at radius 3 is 2.06 bits per heavy atom. The Morgan fingerprint density at radius 1 is 0.824 bits per heavy atom. The zero-order valence-electron chi connectivity index (χ0n) is 17.9. The van der Waals surface area contributed by atoms with Crippen molar-refractivity contribution in [2.24, 2.45) is 10.9 Å². The lowest BCUT2D eigenvalue weighted by molar-refractivity contribution is -0.274. The molecular formula is C26H20F5NO2. The van der Waals surface area contributed by atoms with Crippen LogP contribution in [-0.2, 0) is 4.74 Å². The number of halogens is 5. The molecule has 1 saturated carbocycles. The quantitative estimate of drug-likeness (QED) is 0.375. The van der Waals surface area contributed by atoms with Crippen molar-refractivity contribution in [2.75, 3.05) is 0 Å². The van der Waals surface area contributed by atoms with Crippen LogP contribution in [0, 0.1) is 17.6 Å². The standard InChI is InChI=1S/C26H20F5NO2/c27-20-4-2-5-21(28)23(20)25-32-24(19-3-1-6-22(19)33-25)17-9-7-15(8-10-17)16-11-13-18(14-12-16)34-26(29,30)31/h2,4-5,7-14,19,22,24H,1,3,6H2. The molecule has 1 fully saturated rings. The molecule has 3 unspecified atom stereocenters. The summed E-state index contributed by atoms with van der Waals surface area (Å²) < 4.78 is 75.8. The van der Waals surface area contributed by atoms with Crippen LogP contribution in [0.25, 0.3) is 11.1 Å². The van der Waals surface area contributed by atoms with Gasteiger partial charge in [0.05, 0.1) is 6.04 Å². The third-order valence-electron chi connectivity index (χ3n) is 6.28. The van der Waals surface area contributed by atoms with E-state index in [0.717, 1.165) is 36.0 Å².